The Kier molecular flexibility index (Phi) is 4.47. The monoisotopic (exact) mass is 333 g/mol. The third-order valence-corrected chi connectivity index (χ3v) is 3.15. The number of amides is 1. The lowest BCUT2D eigenvalue weighted by atomic mass is 10.1. The van der Waals surface area contributed by atoms with Gasteiger partial charge in [-0.3, -0.25) is 9.78 Å². The van der Waals surface area contributed by atoms with Gasteiger partial charge in [-0.05, 0) is 52.7 Å². The molecule has 0 saturated heterocycles. The fraction of sp³-hybridized carbons (Fsp3) is 0.0714. The van der Waals surface area contributed by atoms with Crippen LogP contribution in [0.5, 0.6) is 5.75 Å². The van der Waals surface area contributed by atoms with Crippen LogP contribution in [0.15, 0.2) is 46.2 Å². The number of pyridine rings is 1. The van der Waals surface area contributed by atoms with Gasteiger partial charge in [0, 0.05) is 23.5 Å². The highest BCUT2D eigenvalue weighted by Crippen LogP contribution is 2.28. The minimum absolute atomic E-state index is 0.0810. The largest absolute Gasteiger partial charge is 0.506 e. The molecule has 0 fully saturated rings. The number of carbonyl (C=O) groups is 1. The maximum Gasteiger partial charge on any atom is 0.271 e. The first-order chi connectivity index (χ1) is 9.58. The van der Waals surface area contributed by atoms with Gasteiger partial charge in [0.05, 0.1) is 10.7 Å². The second-order valence-corrected chi connectivity index (χ2v) is 4.97. The van der Waals surface area contributed by atoms with Crippen molar-refractivity contribution in [2.75, 3.05) is 0 Å². The smallest absolute Gasteiger partial charge is 0.271 e. The van der Waals surface area contributed by atoms with Crippen molar-refractivity contribution < 1.29 is 9.90 Å². The normalized spacial score (nSPS) is 10.7. The quantitative estimate of drug-likeness (QED) is 0.669. The first-order valence-corrected chi connectivity index (χ1v) is 6.60. The third-order valence-electron chi connectivity index (χ3n) is 2.55. The number of hydrogen-bond donors (Lipinski definition) is 2. The van der Waals surface area contributed by atoms with Crippen LogP contribution in [0.25, 0.3) is 0 Å². The van der Waals surface area contributed by atoms with E-state index in [4.69, 9.17) is 0 Å². The highest BCUT2D eigenvalue weighted by atomic mass is 79.9. The number of benzene rings is 1. The van der Waals surface area contributed by atoms with Crippen LogP contribution in [0, 0.1) is 6.92 Å². The summed E-state index contributed by atoms with van der Waals surface area (Å²) in [5.74, 6) is -0.257. The molecule has 1 aromatic heterocycles. The number of hydrogen-bond acceptors (Lipinski definition) is 4. The minimum atomic E-state index is -0.338. The second-order valence-electron chi connectivity index (χ2n) is 4.12. The van der Waals surface area contributed by atoms with E-state index < -0.39 is 0 Å². The van der Waals surface area contributed by atoms with Crippen molar-refractivity contribution in [1.29, 1.82) is 0 Å². The number of aromatic hydroxyl groups is 1. The molecule has 0 aliphatic carbocycles. The Labute approximate surface area is 124 Å². The van der Waals surface area contributed by atoms with Crippen LogP contribution in [0.2, 0.25) is 0 Å². The summed E-state index contributed by atoms with van der Waals surface area (Å²) in [6, 6.07) is 6.74. The Balaban J connectivity index is 2.10. The van der Waals surface area contributed by atoms with E-state index in [9.17, 15) is 9.90 Å². The highest BCUT2D eigenvalue weighted by Gasteiger charge is 2.05. The van der Waals surface area contributed by atoms with Crippen molar-refractivity contribution in [3.63, 3.8) is 0 Å². The molecule has 20 heavy (non-hydrogen) atoms. The van der Waals surface area contributed by atoms with Crippen LogP contribution in [-0.4, -0.2) is 22.2 Å². The number of nitrogens with one attached hydrogen (secondary N) is 1. The van der Waals surface area contributed by atoms with Crippen LogP contribution >= 0.6 is 15.9 Å². The fourth-order valence-electron chi connectivity index (χ4n) is 1.59. The van der Waals surface area contributed by atoms with Crippen molar-refractivity contribution in [2.24, 2.45) is 5.10 Å². The summed E-state index contributed by atoms with van der Waals surface area (Å²) >= 11 is 3.25. The summed E-state index contributed by atoms with van der Waals surface area (Å²) in [7, 11) is 0. The van der Waals surface area contributed by atoms with Crippen LogP contribution in [0.3, 0.4) is 0 Å². The molecule has 2 aromatic rings. The zero-order valence-corrected chi connectivity index (χ0v) is 12.3. The predicted molar refractivity (Wildman–Crippen MR) is 79.8 cm³/mol. The number of rotatable bonds is 3. The maximum absolute atomic E-state index is 11.7. The van der Waals surface area contributed by atoms with E-state index >= 15 is 0 Å². The topological polar surface area (TPSA) is 74.6 Å². The van der Waals surface area contributed by atoms with Gasteiger partial charge in [0.15, 0.2) is 0 Å². The minimum Gasteiger partial charge on any atom is -0.506 e. The summed E-state index contributed by atoms with van der Waals surface area (Å²) in [6.07, 6.45) is 4.45. The van der Waals surface area contributed by atoms with Gasteiger partial charge in [0.2, 0.25) is 0 Å². The lowest BCUT2D eigenvalue weighted by molar-refractivity contribution is 0.0955. The Morgan fingerprint density at radius 3 is 2.80 bits per heavy atom. The van der Waals surface area contributed by atoms with Gasteiger partial charge in [0.1, 0.15) is 5.75 Å². The SMILES string of the molecule is Cc1cc(Br)c(O)c(/C=N\NC(=O)c2ccncc2)c1. The zero-order chi connectivity index (χ0) is 14.5. The number of halogens is 1. The zero-order valence-electron chi connectivity index (χ0n) is 10.7. The van der Waals surface area contributed by atoms with Gasteiger partial charge in [-0.25, -0.2) is 5.43 Å². The van der Waals surface area contributed by atoms with E-state index in [2.05, 4.69) is 31.4 Å². The highest BCUT2D eigenvalue weighted by molar-refractivity contribution is 9.10. The molecule has 102 valence electrons. The molecule has 1 heterocycles. The van der Waals surface area contributed by atoms with E-state index in [1.165, 1.54) is 18.6 Å². The van der Waals surface area contributed by atoms with E-state index in [0.717, 1.165) is 5.56 Å². The molecule has 0 unspecified atom stereocenters. The Hall–Kier alpha value is -2.21. The van der Waals surface area contributed by atoms with Crippen LogP contribution in [0.4, 0.5) is 0 Å². The average Bonchev–Trinajstić information content (AvgIpc) is 2.44. The molecule has 1 aromatic carbocycles. The first-order valence-electron chi connectivity index (χ1n) is 5.80. The molecule has 0 atom stereocenters. The molecule has 0 bridgehead atoms. The lowest BCUT2D eigenvalue weighted by Gasteiger charge is -2.03. The summed E-state index contributed by atoms with van der Waals surface area (Å²) < 4.78 is 0.583. The van der Waals surface area contributed by atoms with Gasteiger partial charge >= 0.3 is 0 Å². The maximum atomic E-state index is 11.7. The molecule has 0 saturated carbocycles. The molecule has 1 amide bonds. The van der Waals surface area contributed by atoms with Crippen molar-refractivity contribution in [2.45, 2.75) is 6.92 Å². The van der Waals surface area contributed by atoms with Gasteiger partial charge in [0.25, 0.3) is 5.91 Å². The van der Waals surface area contributed by atoms with E-state index in [1.807, 2.05) is 6.92 Å². The van der Waals surface area contributed by atoms with Crippen LogP contribution in [-0.2, 0) is 0 Å². The van der Waals surface area contributed by atoms with E-state index in [0.29, 0.717) is 15.6 Å². The van der Waals surface area contributed by atoms with E-state index in [-0.39, 0.29) is 11.7 Å². The molecule has 5 nitrogen and oxygen atoms in total. The summed E-state index contributed by atoms with van der Waals surface area (Å²) in [5.41, 5.74) is 4.34. The van der Waals surface area contributed by atoms with E-state index in [1.54, 1.807) is 24.3 Å². The van der Waals surface area contributed by atoms with Gasteiger partial charge in [-0.2, -0.15) is 5.10 Å². The number of carbonyl (C=O) groups excluding carboxylic acids is 1. The van der Waals surface area contributed by atoms with Crippen molar-refractivity contribution in [3.05, 3.63) is 57.8 Å². The fourth-order valence-corrected chi connectivity index (χ4v) is 2.18. The molecule has 0 radical (unpaired) electrons. The molecular formula is C14H12BrN3O2. The predicted octanol–water partition coefficient (Wildman–Crippen LogP) is 2.62. The number of aromatic nitrogens is 1. The summed E-state index contributed by atoms with van der Waals surface area (Å²) in [6.45, 7) is 1.90. The molecule has 0 aliphatic rings. The standard InChI is InChI=1S/C14H12BrN3O2/c1-9-6-11(13(19)12(15)7-9)8-17-18-14(20)10-2-4-16-5-3-10/h2-8,19H,1H3,(H,18,20)/b17-8-. The number of nitrogens with zero attached hydrogens (tertiary/aromatic N) is 2. The average molecular weight is 334 g/mol. The molecule has 0 aliphatic heterocycles. The number of hydrazone groups is 1. The Bertz CT molecular complexity index is 657. The molecule has 2 rings (SSSR count). The van der Waals surface area contributed by atoms with Crippen molar-refractivity contribution in [1.82, 2.24) is 10.4 Å². The number of phenols is 1. The van der Waals surface area contributed by atoms with Crippen LogP contribution in [0.1, 0.15) is 21.5 Å². The summed E-state index contributed by atoms with van der Waals surface area (Å²) in [5, 5.41) is 13.7. The number of phenolic OH excluding ortho intramolecular Hbond substituents is 1. The summed E-state index contributed by atoms with van der Waals surface area (Å²) in [4.78, 5) is 15.6. The van der Waals surface area contributed by atoms with Gasteiger partial charge in [-0.15, -0.1) is 0 Å². The van der Waals surface area contributed by atoms with Crippen LogP contribution < -0.4 is 5.43 Å². The first kappa shape index (κ1) is 14.2. The molecular weight excluding hydrogens is 322 g/mol. The van der Waals surface area contributed by atoms with Crippen molar-refractivity contribution >= 4 is 28.1 Å². The second kappa shape index (κ2) is 6.29. The Morgan fingerprint density at radius 1 is 1.40 bits per heavy atom. The molecule has 2 N–H and O–H groups in total. The van der Waals surface area contributed by atoms with Crippen molar-refractivity contribution in [3.8, 4) is 5.75 Å². The lowest BCUT2D eigenvalue weighted by Crippen LogP contribution is -2.17. The molecule has 0 spiro atoms. The van der Waals surface area contributed by atoms with Gasteiger partial charge in [-0.1, -0.05) is 0 Å². The Morgan fingerprint density at radius 2 is 2.10 bits per heavy atom. The number of aryl methyl sites for hydroxylation is 1. The molecule has 6 heteroatoms. The van der Waals surface area contributed by atoms with Gasteiger partial charge < -0.3 is 5.11 Å². The third kappa shape index (κ3) is 3.42.